The van der Waals surface area contributed by atoms with Crippen LogP contribution in [-0.2, 0) is 0 Å². The zero-order valence-corrected chi connectivity index (χ0v) is 12.5. The second kappa shape index (κ2) is 4.83. The van der Waals surface area contributed by atoms with E-state index < -0.39 is 0 Å². The Bertz CT molecular complexity index is 971. The van der Waals surface area contributed by atoms with Crippen LogP contribution in [0, 0.1) is 5.82 Å². The van der Waals surface area contributed by atoms with Crippen molar-refractivity contribution in [1.82, 2.24) is 0 Å². The van der Waals surface area contributed by atoms with E-state index in [1.54, 1.807) is 23.5 Å². The van der Waals surface area contributed by atoms with Crippen LogP contribution >= 0.6 is 22.9 Å². The van der Waals surface area contributed by atoms with E-state index in [2.05, 4.69) is 30.3 Å². The third kappa shape index (κ3) is 2.03. The molecule has 0 spiro atoms. The minimum absolute atomic E-state index is 0.158. The Hall–Kier alpha value is -1.90. The van der Waals surface area contributed by atoms with Gasteiger partial charge >= 0.3 is 0 Å². The first kappa shape index (κ1) is 12.8. The Kier molecular flexibility index (Phi) is 2.95. The SMILES string of the molecule is Fc1ccc(-c2cccc3c2sc2ccccc23)cc1Cl. The number of rotatable bonds is 1. The molecular weight excluding hydrogens is 303 g/mol. The third-order valence-corrected chi connectivity index (χ3v) is 5.14. The van der Waals surface area contributed by atoms with Crippen molar-refractivity contribution in [3.05, 3.63) is 71.5 Å². The van der Waals surface area contributed by atoms with E-state index in [1.807, 2.05) is 12.1 Å². The van der Waals surface area contributed by atoms with Crippen molar-refractivity contribution in [3.8, 4) is 11.1 Å². The fourth-order valence-electron chi connectivity index (χ4n) is 2.64. The molecule has 1 aromatic heterocycles. The molecule has 4 rings (SSSR count). The summed E-state index contributed by atoms with van der Waals surface area (Å²) < 4.78 is 15.8. The minimum Gasteiger partial charge on any atom is -0.205 e. The Morgan fingerprint density at radius 2 is 1.67 bits per heavy atom. The molecule has 0 bridgehead atoms. The van der Waals surface area contributed by atoms with Gasteiger partial charge in [-0.25, -0.2) is 4.39 Å². The van der Waals surface area contributed by atoms with Crippen molar-refractivity contribution in [3.63, 3.8) is 0 Å². The van der Waals surface area contributed by atoms with E-state index in [1.165, 1.54) is 26.2 Å². The van der Waals surface area contributed by atoms with Gasteiger partial charge in [-0.1, -0.05) is 54.1 Å². The van der Waals surface area contributed by atoms with Crippen LogP contribution < -0.4 is 0 Å². The van der Waals surface area contributed by atoms with Crippen molar-refractivity contribution in [2.75, 3.05) is 0 Å². The molecule has 0 aliphatic rings. The molecule has 0 unspecified atom stereocenters. The Morgan fingerprint density at radius 1 is 0.857 bits per heavy atom. The summed E-state index contributed by atoms with van der Waals surface area (Å²) in [6.07, 6.45) is 0. The van der Waals surface area contributed by atoms with Crippen LogP contribution in [-0.4, -0.2) is 0 Å². The predicted molar refractivity (Wildman–Crippen MR) is 89.7 cm³/mol. The number of halogens is 2. The maximum absolute atomic E-state index is 13.4. The first-order valence-electron chi connectivity index (χ1n) is 6.60. The molecule has 0 fully saturated rings. The summed E-state index contributed by atoms with van der Waals surface area (Å²) in [4.78, 5) is 0. The van der Waals surface area contributed by atoms with Crippen molar-refractivity contribution < 1.29 is 4.39 Å². The second-order valence-corrected chi connectivity index (χ2v) is 6.37. The van der Waals surface area contributed by atoms with Crippen LogP contribution in [0.5, 0.6) is 0 Å². The molecule has 0 N–H and O–H groups in total. The van der Waals surface area contributed by atoms with E-state index >= 15 is 0 Å². The van der Waals surface area contributed by atoms with Crippen LogP contribution in [0.25, 0.3) is 31.3 Å². The number of fused-ring (bicyclic) bond motifs is 3. The largest absolute Gasteiger partial charge is 0.205 e. The van der Waals surface area contributed by atoms with Crippen LogP contribution in [0.4, 0.5) is 4.39 Å². The van der Waals surface area contributed by atoms with Gasteiger partial charge in [0.2, 0.25) is 0 Å². The normalized spacial score (nSPS) is 11.3. The van der Waals surface area contributed by atoms with Crippen LogP contribution in [0.2, 0.25) is 5.02 Å². The van der Waals surface area contributed by atoms with Gasteiger partial charge in [0.1, 0.15) is 5.82 Å². The summed E-state index contributed by atoms with van der Waals surface area (Å²) in [6.45, 7) is 0. The average molecular weight is 313 g/mol. The second-order valence-electron chi connectivity index (χ2n) is 4.91. The highest BCUT2D eigenvalue weighted by Gasteiger charge is 2.11. The summed E-state index contributed by atoms with van der Waals surface area (Å²) in [5, 5.41) is 2.65. The maximum Gasteiger partial charge on any atom is 0.141 e. The van der Waals surface area contributed by atoms with Crippen LogP contribution in [0.3, 0.4) is 0 Å². The molecule has 0 radical (unpaired) electrons. The predicted octanol–water partition coefficient (Wildman–Crippen LogP) is 6.51. The van der Waals surface area contributed by atoms with Gasteiger partial charge in [0.25, 0.3) is 0 Å². The molecule has 0 aliphatic carbocycles. The monoisotopic (exact) mass is 312 g/mol. The third-order valence-electron chi connectivity index (χ3n) is 3.63. The smallest absolute Gasteiger partial charge is 0.141 e. The van der Waals surface area contributed by atoms with E-state index in [-0.39, 0.29) is 10.8 Å². The molecule has 3 heteroatoms. The van der Waals surface area contributed by atoms with E-state index in [9.17, 15) is 4.39 Å². The number of hydrogen-bond donors (Lipinski definition) is 0. The van der Waals surface area contributed by atoms with Gasteiger partial charge in [0.05, 0.1) is 5.02 Å². The molecular formula is C18H10ClFS. The molecule has 1 heterocycles. The first-order valence-corrected chi connectivity index (χ1v) is 7.79. The van der Waals surface area contributed by atoms with Crippen molar-refractivity contribution in [1.29, 1.82) is 0 Å². The Labute approximate surface area is 130 Å². The zero-order valence-electron chi connectivity index (χ0n) is 10.9. The molecule has 0 amide bonds. The quantitative estimate of drug-likeness (QED) is 0.375. The molecule has 3 aromatic carbocycles. The van der Waals surface area contributed by atoms with Gasteiger partial charge in [0.15, 0.2) is 0 Å². The molecule has 4 aromatic rings. The summed E-state index contributed by atoms with van der Waals surface area (Å²) in [5.41, 5.74) is 2.04. The Morgan fingerprint density at radius 3 is 2.52 bits per heavy atom. The van der Waals surface area contributed by atoms with Crippen LogP contribution in [0.15, 0.2) is 60.7 Å². The molecule has 0 nitrogen and oxygen atoms in total. The molecule has 0 atom stereocenters. The zero-order chi connectivity index (χ0) is 14.4. The van der Waals surface area contributed by atoms with Crippen molar-refractivity contribution >= 4 is 43.1 Å². The van der Waals surface area contributed by atoms with Gasteiger partial charge in [-0.2, -0.15) is 0 Å². The van der Waals surface area contributed by atoms with E-state index in [0.717, 1.165) is 11.1 Å². The minimum atomic E-state index is -0.385. The highest BCUT2D eigenvalue weighted by Crippen LogP contribution is 2.40. The lowest BCUT2D eigenvalue weighted by Crippen LogP contribution is -1.81. The van der Waals surface area contributed by atoms with E-state index in [4.69, 9.17) is 11.6 Å². The highest BCUT2D eigenvalue weighted by atomic mass is 35.5. The lowest BCUT2D eigenvalue weighted by atomic mass is 10.0. The number of hydrogen-bond acceptors (Lipinski definition) is 1. The topological polar surface area (TPSA) is 0 Å². The maximum atomic E-state index is 13.4. The van der Waals surface area contributed by atoms with Gasteiger partial charge in [-0.3, -0.25) is 0 Å². The Balaban J connectivity index is 2.06. The van der Waals surface area contributed by atoms with Gasteiger partial charge < -0.3 is 0 Å². The summed E-state index contributed by atoms with van der Waals surface area (Å²) in [7, 11) is 0. The highest BCUT2D eigenvalue weighted by molar-refractivity contribution is 7.26. The number of benzene rings is 3. The summed E-state index contributed by atoms with van der Waals surface area (Å²) in [6, 6.07) is 19.5. The fourth-order valence-corrected chi connectivity index (χ4v) is 4.06. The van der Waals surface area contributed by atoms with Gasteiger partial charge in [0, 0.05) is 20.2 Å². The number of thiophene rings is 1. The lowest BCUT2D eigenvalue weighted by molar-refractivity contribution is 0.628. The van der Waals surface area contributed by atoms with Crippen molar-refractivity contribution in [2.45, 2.75) is 0 Å². The summed E-state index contributed by atoms with van der Waals surface area (Å²) >= 11 is 7.68. The fraction of sp³-hybridized carbons (Fsp3) is 0. The van der Waals surface area contributed by atoms with Crippen molar-refractivity contribution in [2.24, 2.45) is 0 Å². The molecule has 0 aliphatic heterocycles. The van der Waals surface area contributed by atoms with Gasteiger partial charge in [-0.15, -0.1) is 11.3 Å². The molecule has 21 heavy (non-hydrogen) atoms. The molecule has 0 saturated carbocycles. The van der Waals surface area contributed by atoms with E-state index in [0.29, 0.717) is 0 Å². The average Bonchev–Trinajstić information content (AvgIpc) is 2.89. The summed E-state index contributed by atoms with van der Waals surface area (Å²) in [5.74, 6) is -0.385. The standard InChI is InChI=1S/C18H10ClFS/c19-15-10-11(8-9-16(15)20)12-5-3-6-14-13-4-1-2-7-17(13)21-18(12)14/h1-10H. The van der Waals surface area contributed by atoms with Crippen LogP contribution in [0.1, 0.15) is 0 Å². The molecule has 0 saturated heterocycles. The van der Waals surface area contributed by atoms with Gasteiger partial charge in [-0.05, 0) is 29.3 Å². The lowest BCUT2D eigenvalue weighted by Gasteiger charge is -2.04. The molecule has 102 valence electrons. The first-order chi connectivity index (χ1) is 10.2.